The molecular formula is C14H20F2N2O2S. The molecule has 0 radical (unpaired) electrons. The van der Waals surface area contributed by atoms with E-state index in [1.54, 1.807) is 0 Å². The van der Waals surface area contributed by atoms with E-state index in [2.05, 4.69) is 5.32 Å². The van der Waals surface area contributed by atoms with Crippen LogP contribution in [-0.4, -0.2) is 39.4 Å². The molecule has 118 valence electrons. The maximum absolute atomic E-state index is 13.6. The predicted octanol–water partition coefficient (Wildman–Crippen LogP) is 1.97. The number of piperidine rings is 1. The number of hydrogen-bond acceptors (Lipinski definition) is 3. The summed E-state index contributed by atoms with van der Waals surface area (Å²) in [4.78, 5) is -0.475. The molecule has 0 unspecified atom stereocenters. The molecule has 1 N–H and O–H groups in total. The molecule has 1 fully saturated rings. The zero-order chi connectivity index (χ0) is 15.5. The van der Waals surface area contributed by atoms with Gasteiger partial charge in [0.15, 0.2) is 0 Å². The maximum Gasteiger partial charge on any atom is 0.245 e. The lowest BCUT2D eigenvalue weighted by Crippen LogP contribution is -2.33. The number of sulfonamides is 1. The van der Waals surface area contributed by atoms with Gasteiger partial charge in [0, 0.05) is 19.7 Å². The Morgan fingerprint density at radius 3 is 2.57 bits per heavy atom. The standard InChI is InChI=1S/C14H20F2N2O2S/c1-18(9-6-11-4-7-17-8-5-11)21(19,20)14-3-2-12(15)10-13(14)16/h2-3,10-11,17H,4-9H2,1H3. The Balaban J connectivity index is 2.04. The molecule has 1 aliphatic heterocycles. The summed E-state index contributed by atoms with van der Waals surface area (Å²) in [7, 11) is -2.48. The number of nitrogens with zero attached hydrogens (tertiary/aromatic N) is 1. The third-order valence-electron chi connectivity index (χ3n) is 3.89. The highest BCUT2D eigenvalue weighted by Gasteiger charge is 2.25. The van der Waals surface area contributed by atoms with Crippen molar-refractivity contribution in [1.29, 1.82) is 0 Å². The molecule has 7 heteroatoms. The number of rotatable bonds is 5. The lowest BCUT2D eigenvalue weighted by molar-refractivity contribution is 0.325. The molecule has 1 saturated heterocycles. The molecule has 0 aromatic heterocycles. The Bertz CT molecular complexity index is 587. The zero-order valence-electron chi connectivity index (χ0n) is 12.0. The van der Waals surface area contributed by atoms with Gasteiger partial charge in [-0.05, 0) is 50.4 Å². The fraction of sp³-hybridized carbons (Fsp3) is 0.571. The topological polar surface area (TPSA) is 49.4 Å². The average molecular weight is 318 g/mol. The largest absolute Gasteiger partial charge is 0.317 e. The molecule has 0 bridgehead atoms. The van der Waals surface area contributed by atoms with Crippen LogP contribution in [0.4, 0.5) is 8.78 Å². The minimum absolute atomic E-state index is 0.337. The summed E-state index contributed by atoms with van der Waals surface area (Å²) in [5.74, 6) is -1.35. The molecule has 2 rings (SSSR count). The Morgan fingerprint density at radius 2 is 1.95 bits per heavy atom. The van der Waals surface area contributed by atoms with Crippen molar-refractivity contribution in [1.82, 2.24) is 9.62 Å². The quantitative estimate of drug-likeness (QED) is 0.903. The number of halogens is 2. The Labute approximate surface area is 124 Å². The summed E-state index contributed by atoms with van der Waals surface area (Å²) in [6.07, 6.45) is 2.80. The molecule has 1 aliphatic rings. The first-order valence-electron chi connectivity index (χ1n) is 7.03. The second-order valence-electron chi connectivity index (χ2n) is 5.38. The second-order valence-corrected chi connectivity index (χ2v) is 7.40. The first kappa shape index (κ1) is 16.3. The van der Waals surface area contributed by atoms with E-state index >= 15 is 0 Å². The molecule has 0 aliphatic carbocycles. The van der Waals surface area contributed by atoms with Crippen molar-refractivity contribution in [3.05, 3.63) is 29.8 Å². The Morgan fingerprint density at radius 1 is 1.29 bits per heavy atom. The lowest BCUT2D eigenvalue weighted by Gasteiger charge is -2.25. The van der Waals surface area contributed by atoms with Crippen molar-refractivity contribution in [2.75, 3.05) is 26.7 Å². The van der Waals surface area contributed by atoms with E-state index < -0.39 is 26.6 Å². The van der Waals surface area contributed by atoms with Crippen LogP contribution in [0.3, 0.4) is 0 Å². The third kappa shape index (κ3) is 3.99. The molecule has 0 atom stereocenters. The van der Waals surface area contributed by atoms with Crippen molar-refractivity contribution < 1.29 is 17.2 Å². The van der Waals surface area contributed by atoms with Crippen LogP contribution in [0.5, 0.6) is 0 Å². The van der Waals surface area contributed by atoms with Gasteiger partial charge in [-0.15, -0.1) is 0 Å². The third-order valence-corrected chi connectivity index (χ3v) is 5.78. The van der Waals surface area contributed by atoms with Crippen LogP contribution in [0, 0.1) is 17.6 Å². The van der Waals surface area contributed by atoms with Crippen molar-refractivity contribution in [3.63, 3.8) is 0 Å². The number of benzene rings is 1. The molecule has 21 heavy (non-hydrogen) atoms. The highest BCUT2D eigenvalue weighted by atomic mass is 32.2. The fourth-order valence-corrected chi connectivity index (χ4v) is 3.73. The predicted molar refractivity (Wildman–Crippen MR) is 76.4 cm³/mol. The van der Waals surface area contributed by atoms with Gasteiger partial charge in [0.25, 0.3) is 0 Å². The number of nitrogens with one attached hydrogen (secondary N) is 1. The molecule has 0 saturated carbocycles. The van der Waals surface area contributed by atoms with E-state index in [0.717, 1.165) is 48.8 Å². The van der Waals surface area contributed by atoms with Gasteiger partial charge in [-0.25, -0.2) is 21.5 Å². The summed E-state index contributed by atoms with van der Waals surface area (Å²) in [6.45, 7) is 2.24. The smallest absolute Gasteiger partial charge is 0.245 e. The van der Waals surface area contributed by atoms with Gasteiger partial charge in [-0.1, -0.05) is 0 Å². The van der Waals surface area contributed by atoms with Crippen molar-refractivity contribution in [2.24, 2.45) is 5.92 Å². The normalized spacial score (nSPS) is 17.3. The zero-order valence-corrected chi connectivity index (χ0v) is 12.8. The monoisotopic (exact) mass is 318 g/mol. The summed E-state index contributed by atoms with van der Waals surface area (Å²) in [6, 6.07) is 2.52. The SMILES string of the molecule is CN(CCC1CCNCC1)S(=O)(=O)c1ccc(F)cc1F. The summed E-state index contributed by atoms with van der Waals surface area (Å²) < 4.78 is 52.2. The van der Waals surface area contributed by atoms with E-state index in [1.165, 1.54) is 7.05 Å². The maximum atomic E-state index is 13.6. The number of hydrogen-bond donors (Lipinski definition) is 1. The molecular weight excluding hydrogens is 298 g/mol. The summed E-state index contributed by atoms with van der Waals surface area (Å²) >= 11 is 0. The minimum Gasteiger partial charge on any atom is -0.317 e. The molecule has 1 aromatic rings. The van der Waals surface area contributed by atoms with Crippen molar-refractivity contribution >= 4 is 10.0 Å². The molecule has 1 heterocycles. The highest BCUT2D eigenvalue weighted by molar-refractivity contribution is 7.89. The van der Waals surface area contributed by atoms with Gasteiger partial charge in [0.2, 0.25) is 10.0 Å². The van der Waals surface area contributed by atoms with E-state index in [9.17, 15) is 17.2 Å². The molecule has 4 nitrogen and oxygen atoms in total. The van der Waals surface area contributed by atoms with Gasteiger partial charge >= 0.3 is 0 Å². The van der Waals surface area contributed by atoms with Crippen LogP contribution in [-0.2, 0) is 10.0 Å². The minimum atomic E-state index is -3.91. The molecule has 0 amide bonds. The van der Waals surface area contributed by atoms with Gasteiger partial charge in [0.05, 0.1) is 0 Å². The van der Waals surface area contributed by atoms with E-state index in [1.807, 2.05) is 0 Å². The second kappa shape index (κ2) is 6.81. The summed E-state index contributed by atoms with van der Waals surface area (Å²) in [5, 5.41) is 3.25. The average Bonchev–Trinajstić information content (AvgIpc) is 2.45. The van der Waals surface area contributed by atoms with E-state index in [-0.39, 0.29) is 0 Å². The van der Waals surface area contributed by atoms with Gasteiger partial charge in [-0.3, -0.25) is 0 Å². The lowest BCUT2D eigenvalue weighted by atomic mass is 9.95. The fourth-order valence-electron chi connectivity index (χ4n) is 2.51. The van der Waals surface area contributed by atoms with Crippen LogP contribution < -0.4 is 5.32 Å². The van der Waals surface area contributed by atoms with Crippen molar-refractivity contribution in [2.45, 2.75) is 24.2 Å². The van der Waals surface area contributed by atoms with Crippen LogP contribution in [0.15, 0.2) is 23.1 Å². The first-order chi connectivity index (χ1) is 9.91. The highest BCUT2D eigenvalue weighted by Crippen LogP contribution is 2.21. The Kier molecular flexibility index (Phi) is 5.29. The van der Waals surface area contributed by atoms with E-state index in [0.29, 0.717) is 18.5 Å². The molecule has 1 aromatic carbocycles. The van der Waals surface area contributed by atoms with Gasteiger partial charge in [-0.2, -0.15) is 0 Å². The van der Waals surface area contributed by atoms with Crippen molar-refractivity contribution in [3.8, 4) is 0 Å². The summed E-state index contributed by atoms with van der Waals surface area (Å²) in [5.41, 5.74) is 0. The Hall–Kier alpha value is -1.05. The van der Waals surface area contributed by atoms with Gasteiger partial charge < -0.3 is 5.32 Å². The molecule has 0 spiro atoms. The first-order valence-corrected chi connectivity index (χ1v) is 8.47. The van der Waals surface area contributed by atoms with Crippen LogP contribution in [0.1, 0.15) is 19.3 Å². The van der Waals surface area contributed by atoms with Gasteiger partial charge in [0.1, 0.15) is 16.5 Å². The van der Waals surface area contributed by atoms with Crippen LogP contribution >= 0.6 is 0 Å². The van der Waals surface area contributed by atoms with Crippen LogP contribution in [0.25, 0.3) is 0 Å². The van der Waals surface area contributed by atoms with Crippen LogP contribution in [0.2, 0.25) is 0 Å². The van der Waals surface area contributed by atoms with E-state index in [4.69, 9.17) is 0 Å².